The molecule has 0 aliphatic heterocycles. The second kappa shape index (κ2) is 27.6. The van der Waals surface area contributed by atoms with Crippen LogP contribution in [0.1, 0.15) is 39.0 Å². The lowest BCUT2D eigenvalue weighted by Crippen LogP contribution is -2.57. The minimum absolute atomic E-state index is 0.0498. The topological polar surface area (TPSA) is 327 Å². The lowest BCUT2D eigenvalue weighted by molar-refractivity contribution is -0.134. The maximum absolute atomic E-state index is 13.4. The van der Waals surface area contributed by atoms with Crippen LogP contribution in [0.25, 0.3) is 0 Å². The largest absolute Gasteiger partial charge is 0.370 e. The van der Waals surface area contributed by atoms with Crippen molar-refractivity contribution >= 4 is 75.2 Å². The Balaban J connectivity index is 5.45. The number of carbonyl (C=O) groups excluding carboxylic acids is 7. The van der Waals surface area contributed by atoms with Gasteiger partial charge >= 0.3 is 0 Å². The van der Waals surface area contributed by atoms with E-state index >= 15 is 0 Å². The maximum atomic E-state index is 13.4. The number of amides is 6. The second-order valence-electron chi connectivity index (χ2n) is 10.3. The molecular formula is C27H51N13O7S2. The Hall–Kier alpha value is -4.31. The van der Waals surface area contributed by atoms with Crippen molar-refractivity contribution in [3.05, 3.63) is 0 Å². The van der Waals surface area contributed by atoms with Crippen molar-refractivity contribution in [1.82, 2.24) is 47.9 Å². The van der Waals surface area contributed by atoms with Crippen molar-refractivity contribution in [3.63, 3.8) is 0 Å². The van der Waals surface area contributed by atoms with Crippen LogP contribution in [0.5, 0.6) is 0 Å². The zero-order valence-electron chi connectivity index (χ0n) is 27.8. The van der Waals surface area contributed by atoms with Crippen LogP contribution in [-0.2, 0) is 33.6 Å². The van der Waals surface area contributed by atoms with Gasteiger partial charge in [-0.2, -0.15) is 0 Å². The summed E-state index contributed by atoms with van der Waals surface area (Å²) < 4.78 is 0. The van der Waals surface area contributed by atoms with Gasteiger partial charge in [0.05, 0.1) is 19.6 Å². The number of hydrogen-bond acceptors (Lipinski definition) is 12. The lowest BCUT2D eigenvalue weighted by atomic mass is 10.1. The van der Waals surface area contributed by atoms with Crippen molar-refractivity contribution in [3.8, 4) is 0 Å². The van der Waals surface area contributed by atoms with Gasteiger partial charge in [0.2, 0.25) is 35.4 Å². The van der Waals surface area contributed by atoms with E-state index in [2.05, 4.69) is 47.9 Å². The summed E-state index contributed by atoms with van der Waals surface area (Å²) >= 11 is 0. The van der Waals surface area contributed by atoms with Crippen molar-refractivity contribution < 1.29 is 33.6 Å². The van der Waals surface area contributed by atoms with Gasteiger partial charge in [-0.1, -0.05) is 21.6 Å². The molecule has 0 aliphatic rings. The molecule has 0 aliphatic carbocycles. The molecule has 0 fully saturated rings. The molecule has 0 rings (SSSR count). The van der Waals surface area contributed by atoms with E-state index in [1.807, 2.05) is 7.05 Å². The van der Waals surface area contributed by atoms with Crippen molar-refractivity contribution in [2.45, 2.75) is 57.2 Å². The highest BCUT2D eigenvalue weighted by Gasteiger charge is 2.28. The maximum Gasteiger partial charge on any atom is 0.243 e. The molecule has 6 amide bonds. The summed E-state index contributed by atoms with van der Waals surface area (Å²) in [4.78, 5) is 86.1. The molecule has 49 heavy (non-hydrogen) atoms. The van der Waals surface area contributed by atoms with Gasteiger partial charge in [-0.3, -0.25) is 39.6 Å². The molecule has 0 radical (unpaired) electrons. The average Bonchev–Trinajstić information content (AvgIpc) is 3.05. The minimum atomic E-state index is -1.19. The fourth-order valence-corrected chi connectivity index (χ4v) is 5.69. The highest BCUT2D eigenvalue weighted by molar-refractivity contribution is 8.76. The Morgan fingerprint density at radius 1 is 0.673 bits per heavy atom. The third kappa shape index (κ3) is 24.5. The van der Waals surface area contributed by atoms with Crippen molar-refractivity contribution in [2.75, 3.05) is 57.8 Å². The number of guanidine groups is 2. The van der Waals surface area contributed by atoms with Crippen molar-refractivity contribution in [1.29, 1.82) is 10.8 Å². The van der Waals surface area contributed by atoms with Gasteiger partial charge in [0.25, 0.3) is 0 Å². The number of aldehydes is 1. The fraction of sp³-hybridized carbons (Fsp3) is 0.667. The van der Waals surface area contributed by atoms with Crippen molar-refractivity contribution in [2.24, 2.45) is 11.5 Å². The van der Waals surface area contributed by atoms with Crippen LogP contribution < -0.4 is 59.3 Å². The molecule has 0 bridgehead atoms. The number of nitrogens with two attached hydrogens (primary N) is 2. The molecular weight excluding hydrogens is 683 g/mol. The lowest BCUT2D eigenvalue weighted by Gasteiger charge is -2.24. The monoisotopic (exact) mass is 733 g/mol. The molecule has 3 unspecified atom stereocenters. The Labute approximate surface area is 293 Å². The first kappa shape index (κ1) is 44.7. The molecule has 3 atom stereocenters. The molecule has 22 heteroatoms. The Kier molecular flexibility index (Phi) is 25.2. The van der Waals surface area contributed by atoms with Gasteiger partial charge < -0.3 is 64.1 Å². The van der Waals surface area contributed by atoms with Crippen LogP contribution in [0, 0.1) is 10.8 Å². The Morgan fingerprint density at radius 3 is 1.80 bits per heavy atom. The number of rotatable bonds is 27. The van der Waals surface area contributed by atoms with E-state index in [0.717, 1.165) is 12.3 Å². The van der Waals surface area contributed by atoms with E-state index in [1.165, 1.54) is 6.92 Å². The Bertz CT molecular complexity index is 1120. The molecule has 20 nitrogen and oxygen atoms in total. The molecule has 15 N–H and O–H groups in total. The number of carbonyl (C=O) groups is 7. The summed E-state index contributed by atoms with van der Waals surface area (Å²) in [5.41, 5.74) is 10.6. The predicted octanol–water partition coefficient (Wildman–Crippen LogP) is -4.47. The summed E-state index contributed by atoms with van der Waals surface area (Å²) in [5, 5.41) is 37.6. The predicted molar refractivity (Wildman–Crippen MR) is 188 cm³/mol. The summed E-state index contributed by atoms with van der Waals surface area (Å²) in [6, 6.07) is -3.46. The molecule has 0 aromatic heterocycles. The summed E-state index contributed by atoms with van der Waals surface area (Å²) in [6.07, 6.45) is 1.38. The molecule has 0 saturated carbocycles. The second-order valence-corrected chi connectivity index (χ2v) is 13.0. The van der Waals surface area contributed by atoms with E-state index in [0.29, 0.717) is 18.5 Å². The van der Waals surface area contributed by atoms with Gasteiger partial charge in [-0.25, -0.2) is 0 Å². The standard InChI is InChI=1S/C27H51N13O7S2/c1-17(23(45)37-15-21(43)33-10-12-41)38-24(46)19(6-4-9-35-27(30)31)40-25(47)18(5-3-8-34-26(28)29)39-22(44)16-36-20(42)7-13-48-49-14-11-32-2/h12,17-19,32H,3-11,13-16H2,1-2H3,(H,33,43)(H,36,42)(H,37,45)(H,38,46)(H,39,44)(H,40,47)(H4,28,29,34)(H4,30,31,35). The SMILES string of the molecule is CNCCSSCCC(=O)NCC(=O)NC(CCCNC(=N)N)C(=O)NC(CCCNC(=N)N)C(=O)NC(C)C(=O)NCC(=O)NCC=O. The van der Waals surface area contributed by atoms with Crippen LogP contribution in [0.3, 0.4) is 0 Å². The first-order valence-corrected chi connectivity index (χ1v) is 18.0. The Morgan fingerprint density at radius 2 is 1.22 bits per heavy atom. The highest BCUT2D eigenvalue weighted by atomic mass is 33.1. The first-order chi connectivity index (χ1) is 23.3. The summed E-state index contributed by atoms with van der Waals surface area (Å²) in [6.45, 7) is 1.59. The van der Waals surface area contributed by atoms with Gasteiger partial charge in [0.1, 0.15) is 24.4 Å². The smallest absolute Gasteiger partial charge is 0.243 e. The normalized spacial score (nSPS) is 12.2. The first-order valence-electron chi connectivity index (χ1n) is 15.5. The van der Waals surface area contributed by atoms with Gasteiger partial charge in [0.15, 0.2) is 11.9 Å². The third-order valence-corrected chi connectivity index (χ3v) is 8.60. The molecule has 0 aromatic rings. The van der Waals surface area contributed by atoms with Gasteiger partial charge in [0, 0.05) is 37.6 Å². The van der Waals surface area contributed by atoms with E-state index in [1.54, 1.807) is 21.6 Å². The molecule has 0 spiro atoms. The minimum Gasteiger partial charge on any atom is -0.370 e. The van der Waals surface area contributed by atoms with E-state index in [-0.39, 0.29) is 69.7 Å². The number of hydrogen-bond donors (Lipinski definition) is 13. The summed E-state index contributed by atoms with van der Waals surface area (Å²) in [7, 11) is 5.02. The van der Waals surface area contributed by atoms with Crippen LogP contribution >= 0.6 is 21.6 Å². The zero-order chi connectivity index (χ0) is 37.0. The average molecular weight is 734 g/mol. The van der Waals surface area contributed by atoms with Gasteiger partial charge in [-0.05, 0) is 39.7 Å². The van der Waals surface area contributed by atoms with Crippen LogP contribution in [0.15, 0.2) is 0 Å². The highest BCUT2D eigenvalue weighted by Crippen LogP contribution is 2.20. The van der Waals surface area contributed by atoms with E-state index in [9.17, 15) is 33.6 Å². The van der Waals surface area contributed by atoms with E-state index < -0.39 is 54.2 Å². The molecule has 278 valence electrons. The molecule has 0 saturated heterocycles. The van der Waals surface area contributed by atoms with Gasteiger partial charge in [-0.15, -0.1) is 0 Å². The summed E-state index contributed by atoms with van der Waals surface area (Å²) in [5.74, 6) is -2.87. The molecule has 0 aromatic carbocycles. The molecule has 0 heterocycles. The number of nitrogens with one attached hydrogen (secondary N) is 11. The van der Waals surface area contributed by atoms with Crippen LogP contribution in [-0.4, -0.2) is 130 Å². The quantitative estimate of drug-likeness (QED) is 0.0125. The third-order valence-electron chi connectivity index (χ3n) is 6.19. The van der Waals surface area contributed by atoms with Crippen LogP contribution in [0.4, 0.5) is 0 Å². The van der Waals surface area contributed by atoms with Crippen LogP contribution in [0.2, 0.25) is 0 Å². The van der Waals surface area contributed by atoms with E-state index in [4.69, 9.17) is 22.3 Å². The fourth-order valence-electron chi connectivity index (χ4n) is 3.69. The zero-order valence-corrected chi connectivity index (χ0v) is 29.5.